The van der Waals surface area contributed by atoms with E-state index < -0.39 is 5.97 Å². The van der Waals surface area contributed by atoms with Crippen LogP contribution in [0, 0.1) is 6.92 Å². The van der Waals surface area contributed by atoms with Gasteiger partial charge >= 0.3 is 5.97 Å². The van der Waals surface area contributed by atoms with Gasteiger partial charge in [-0.05, 0) is 12.5 Å². The summed E-state index contributed by atoms with van der Waals surface area (Å²) in [6.07, 6.45) is 1.36. The van der Waals surface area contributed by atoms with E-state index in [2.05, 4.69) is 9.72 Å². The van der Waals surface area contributed by atoms with Gasteiger partial charge in [-0.3, -0.25) is 9.59 Å². The Hall–Kier alpha value is -1.78. The maximum atomic E-state index is 11.3. The Bertz CT molecular complexity index is 409. The number of rotatable bonds is 2. The number of esters is 1. The van der Waals surface area contributed by atoms with E-state index in [0.717, 1.165) is 0 Å². The minimum absolute atomic E-state index is 0.0529. The number of carbonyl (C=O) groups is 1. The highest BCUT2D eigenvalue weighted by atomic mass is 16.5. The summed E-state index contributed by atoms with van der Waals surface area (Å²) < 4.78 is 4.47. The van der Waals surface area contributed by atoms with Crippen molar-refractivity contribution in [2.45, 2.75) is 13.3 Å². The largest absolute Gasteiger partial charge is 0.469 e. The molecule has 3 N–H and O–H groups in total. The molecule has 5 nitrogen and oxygen atoms in total. The van der Waals surface area contributed by atoms with E-state index in [1.807, 2.05) is 0 Å². The molecule has 0 unspecified atom stereocenters. The molecule has 1 aromatic heterocycles. The third-order valence-electron chi connectivity index (χ3n) is 2.07. The highest BCUT2D eigenvalue weighted by molar-refractivity contribution is 5.73. The molecule has 0 saturated heterocycles. The van der Waals surface area contributed by atoms with Crippen molar-refractivity contribution in [1.29, 1.82) is 0 Å². The third kappa shape index (κ3) is 1.93. The highest BCUT2D eigenvalue weighted by Crippen LogP contribution is 2.10. The Morgan fingerprint density at radius 1 is 1.64 bits per heavy atom. The van der Waals surface area contributed by atoms with E-state index in [4.69, 9.17) is 5.73 Å². The second kappa shape index (κ2) is 3.95. The van der Waals surface area contributed by atoms with E-state index in [0.29, 0.717) is 16.8 Å². The van der Waals surface area contributed by atoms with Gasteiger partial charge in [-0.15, -0.1) is 0 Å². The number of nitrogens with two attached hydrogens (primary N) is 1. The van der Waals surface area contributed by atoms with Crippen LogP contribution in [-0.2, 0) is 16.0 Å². The number of anilines is 1. The molecule has 0 aromatic carbocycles. The fraction of sp³-hybridized carbons (Fsp3) is 0.333. The second-order valence-electron chi connectivity index (χ2n) is 2.93. The Kier molecular flexibility index (Phi) is 2.91. The topological polar surface area (TPSA) is 85.2 Å². The average molecular weight is 196 g/mol. The van der Waals surface area contributed by atoms with Gasteiger partial charge in [0, 0.05) is 11.8 Å². The summed E-state index contributed by atoms with van der Waals surface area (Å²) in [6, 6.07) is 0. The molecule has 1 heterocycles. The zero-order valence-corrected chi connectivity index (χ0v) is 8.09. The van der Waals surface area contributed by atoms with Crippen LogP contribution in [0.3, 0.4) is 0 Å². The van der Waals surface area contributed by atoms with E-state index in [9.17, 15) is 9.59 Å². The molecule has 0 atom stereocenters. The van der Waals surface area contributed by atoms with E-state index in [1.165, 1.54) is 13.3 Å². The second-order valence-corrected chi connectivity index (χ2v) is 2.93. The highest BCUT2D eigenvalue weighted by Gasteiger charge is 2.11. The molecule has 0 spiro atoms. The number of aromatic nitrogens is 1. The molecule has 0 aliphatic heterocycles. The number of pyridine rings is 1. The summed E-state index contributed by atoms with van der Waals surface area (Å²) in [7, 11) is 1.28. The van der Waals surface area contributed by atoms with Crippen LogP contribution in [0.5, 0.6) is 0 Å². The zero-order valence-electron chi connectivity index (χ0n) is 8.09. The molecule has 0 aliphatic rings. The molecule has 1 rings (SSSR count). The lowest BCUT2D eigenvalue weighted by Gasteiger charge is -2.05. The molecule has 0 fully saturated rings. The predicted octanol–water partition coefficient (Wildman–Crippen LogP) is -0.0190. The molecule has 0 bridgehead atoms. The zero-order chi connectivity index (χ0) is 10.7. The van der Waals surface area contributed by atoms with Crippen LogP contribution >= 0.6 is 0 Å². The number of H-pyrrole nitrogens is 1. The first-order chi connectivity index (χ1) is 6.56. The van der Waals surface area contributed by atoms with E-state index in [1.54, 1.807) is 6.92 Å². The van der Waals surface area contributed by atoms with Crippen LogP contribution < -0.4 is 11.3 Å². The van der Waals surface area contributed by atoms with Gasteiger partial charge in [0.05, 0.1) is 19.2 Å². The van der Waals surface area contributed by atoms with Crippen LogP contribution in [-0.4, -0.2) is 18.1 Å². The molecule has 1 aromatic rings. The van der Waals surface area contributed by atoms with Crippen LogP contribution in [0.15, 0.2) is 11.0 Å². The Labute approximate surface area is 80.9 Å². The maximum absolute atomic E-state index is 11.3. The number of hydrogen-bond acceptors (Lipinski definition) is 4. The third-order valence-corrected chi connectivity index (χ3v) is 2.07. The number of hydrogen-bond donors (Lipinski definition) is 2. The van der Waals surface area contributed by atoms with Crippen LogP contribution in [0.4, 0.5) is 5.69 Å². The maximum Gasteiger partial charge on any atom is 0.310 e. The van der Waals surface area contributed by atoms with Crippen molar-refractivity contribution in [1.82, 2.24) is 4.98 Å². The van der Waals surface area contributed by atoms with Crippen molar-refractivity contribution in [2.24, 2.45) is 0 Å². The Balaban J connectivity index is 3.13. The molecule has 0 radical (unpaired) electrons. The van der Waals surface area contributed by atoms with Crippen molar-refractivity contribution >= 4 is 11.7 Å². The average Bonchev–Trinajstić information content (AvgIpc) is 2.18. The molecule has 0 aliphatic carbocycles. The standard InChI is InChI=1S/C9H12N2O3/c1-5-6(3-8(12)14-2)9(13)11-4-7(5)10/h4H,3,10H2,1-2H3,(H,11,13). The van der Waals surface area contributed by atoms with E-state index >= 15 is 0 Å². The first-order valence-corrected chi connectivity index (χ1v) is 4.09. The quantitative estimate of drug-likeness (QED) is 0.651. The summed E-state index contributed by atoms with van der Waals surface area (Å²) in [5.41, 5.74) is 6.72. The molecule has 0 saturated carbocycles. The fourth-order valence-electron chi connectivity index (χ4n) is 1.11. The van der Waals surface area contributed by atoms with Gasteiger partial charge in [-0.25, -0.2) is 0 Å². The monoisotopic (exact) mass is 196 g/mol. The summed E-state index contributed by atoms with van der Waals surface area (Å²) in [5.74, 6) is -0.454. The predicted molar refractivity (Wildman–Crippen MR) is 51.9 cm³/mol. The Morgan fingerprint density at radius 3 is 2.86 bits per heavy atom. The van der Waals surface area contributed by atoms with Crippen LogP contribution in [0.1, 0.15) is 11.1 Å². The summed E-state index contributed by atoms with van der Waals surface area (Å²) in [6.45, 7) is 1.70. The van der Waals surface area contributed by atoms with Crippen LogP contribution in [0.25, 0.3) is 0 Å². The van der Waals surface area contributed by atoms with Crippen molar-refractivity contribution in [3.8, 4) is 0 Å². The number of methoxy groups -OCH3 is 1. The van der Waals surface area contributed by atoms with Crippen molar-refractivity contribution in [3.63, 3.8) is 0 Å². The molecular weight excluding hydrogens is 184 g/mol. The summed E-state index contributed by atoms with van der Waals surface area (Å²) in [5, 5.41) is 0. The number of carbonyl (C=O) groups excluding carboxylic acids is 1. The van der Waals surface area contributed by atoms with Crippen molar-refractivity contribution in [2.75, 3.05) is 12.8 Å². The minimum Gasteiger partial charge on any atom is -0.469 e. The molecule has 14 heavy (non-hydrogen) atoms. The first kappa shape index (κ1) is 10.3. The number of nitrogens with one attached hydrogen (secondary N) is 1. The fourth-order valence-corrected chi connectivity index (χ4v) is 1.11. The lowest BCUT2D eigenvalue weighted by atomic mass is 10.1. The van der Waals surface area contributed by atoms with Gasteiger partial charge in [0.1, 0.15) is 0 Å². The Morgan fingerprint density at radius 2 is 2.29 bits per heavy atom. The number of ether oxygens (including phenoxy) is 1. The van der Waals surface area contributed by atoms with Crippen molar-refractivity contribution < 1.29 is 9.53 Å². The van der Waals surface area contributed by atoms with Gasteiger partial charge in [0.15, 0.2) is 0 Å². The van der Waals surface area contributed by atoms with Crippen LogP contribution in [0.2, 0.25) is 0 Å². The normalized spacial score (nSPS) is 9.86. The molecular formula is C9H12N2O3. The number of aromatic amines is 1. The molecule has 0 amide bonds. The van der Waals surface area contributed by atoms with Gasteiger partial charge in [-0.1, -0.05) is 0 Å². The lowest BCUT2D eigenvalue weighted by molar-refractivity contribution is -0.139. The van der Waals surface area contributed by atoms with Gasteiger partial charge in [0.2, 0.25) is 0 Å². The lowest BCUT2D eigenvalue weighted by Crippen LogP contribution is -2.19. The smallest absolute Gasteiger partial charge is 0.310 e. The van der Waals surface area contributed by atoms with Gasteiger partial charge in [-0.2, -0.15) is 0 Å². The van der Waals surface area contributed by atoms with Gasteiger partial charge < -0.3 is 15.5 Å². The van der Waals surface area contributed by atoms with Gasteiger partial charge in [0.25, 0.3) is 5.56 Å². The van der Waals surface area contributed by atoms with E-state index in [-0.39, 0.29) is 12.0 Å². The van der Waals surface area contributed by atoms with Crippen molar-refractivity contribution in [3.05, 3.63) is 27.7 Å². The molecule has 76 valence electrons. The summed E-state index contributed by atoms with van der Waals surface area (Å²) >= 11 is 0. The molecule has 5 heteroatoms. The SMILES string of the molecule is COC(=O)Cc1c(C)c(N)c[nH]c1=O. The minimum atomic E-state index is -0.454. The first-order valence-electron chi connectivity index (χ1n) is 4.09. The summed E-state index contributed by atoms with van der Waals surface area (Å²) in [4.78, 5) is 24.8. The number of nitrogen functional groups attached to an aromatic ring is 1.